The molecular formula is C18H15N3O2. The number of aryl methyl sites for hydroxylation is 1. The molecule has 0 aliphatic rings. The Labute approximate surface area is 133 Å². The molecule has 0 atom stereocenters. The zero-order chi connectivity index (χ0) is 16.2. The molecule has 0 aliphatic carbocycles. The molecule has 0 unspecified atom stereocenters. The van der Waals surface area contributed by atoms with Crippen molar-refractivity contribution in [3.63, 3.8) is 0 Å². The predicted molar refractivity (Wildman–Crippen MR) is 86.8 cm³/mol. The Balaban J connectivity index is 2.20. The van der Waals surface area contributed by atoms with E-state index in [1.165, 1.54) is 0 Å². The number of carboxylic acid groups (broad SMARTS) is 1. The summed E-state index contributed by atoms with van der Waals surface area (Å²) in [5, 5.41) is 9.15. The van der Waals surface area contributed by atoms with Crippen LogP contribution >= 0.6 is 0 Å². The fraction of sp³-hybridized carbons (Fsp3) is 0.111. The first kappa shape index (κ1) is 14.8. The molecule has 0 radical (unpaired) electrons. The van der Waals surface area contributed by atoms with Crippen molar-refractivity contribution >= 4 is 5.97 Å². The van der Waals surface area contributed by atoms with Gasteiger partial charge in [-0.25, -0.2) is 0 Å². The first-order valence-electron chi connectivity index (χ1n) is 7.18. The fourth-order valence-corrected chi connectivity index (χ4v) is 2.54. The van der Waals surface area contributed by atoms with Crippen LogP contribution in [0.15, 0.2) is 55.1 Å². The zero-order valence-corrected chi connectivity index (χ0v) is 12.6. The summed E-state index contributed by atoms with van der Waals surface area (Å²) in [6.45, 7) is 1.89. The molecule has 0 fully saturated rings. The van der Waals surface area contributed by atoms with Crippen LogP contribution in [-0.2, 0) is 11.2 Å². The summed E-state index contributed by atoms with van der Waals surface area (Å²) in [4.78, 5) is 23.7. The van der Waals surface area contributed by atoms with Crippen molar-refractivity contribution in [1.29, 1.82) is 0 Å². The SMILES string of the molecule is Cc1nc(CC(=O)O)c(-c2ccncc2)cc1-c1ccncc1. The maximum atomic E-state index is 11.2. The number of nitrogens with zero attached hydrogens (tertiary/aromatic N) is 3. The lowest BCUT2D eigenvalue weighted by Gasteiger charge is -2.13. The number of carbonyl (C=O) groups is 1. The van der Waals surface area contributed by atoms with E-state index in [2.05, 4.69) is 15.0 Å². The molecule has 23 heavy (non-hydrogen) atoms. The first-order chi connectivity index (χ1) is 11.1. The van der Waals surface area contributed by atoms with Crippen molar-refractivity contribution < 1.29 is 9.90 Å². The summed E-state index contributed by atoms with van der Waals surface area (Å²) in [5.74, 6) is -0.899. The van der Waals surface area contributed by atoms with Gasteiger partial charge in [0.2, 0.25) is 0 Å². The average Bonchev–Trinajstić information content (AvgIpc) is 2.56. The zero-order valence-electron chi connectivity index (χ0n) is 12.6. The number of pyridine rings is 3. The van der Waals surface area contributed by atoms with E-state index in [9.17, 15) is 4.79 Å². The molecule has 5 heteroatoms. The standard InChI is InChI=1S/C18H15N3O2/c1-12-15(13-2-6-19-7-3-13)10-16(14-4-8-20-9-5-14)17(21-12)11-18(22)23/h2-10H,11H2,1H3,(H,22,23). The minimum Gasteiger partial charge on any atom is -0.481 e. The summed E-state index contributed by atoms with van der Waals surface area (Å²) in [7, 11) is 0. The second-order valence-corrected chi connectivity index (χ2v) is 5.16. The molecular weight excluding hydrogens is 290 g/mol. The third kappa shape index (κ3) is 3.23. The van der Waals surface area contributed by atoms with E-state index in [0.29, 0.717) is 5.69 Å². The van der Waals surface area contributed by atoms with Crippen LogP contribution in [0.2, 0.25) is 0 Å². The molecule has 0 saturated heterocycles. The van der Waals surface area contributed by atoms with Crippen molar-refractivity contribution in [2.45, 2.75) is 13.3 Å². The van der Waals surface area contributed by atoms with E-state index in [1.54, 1.807) is 24.8 Å². The van der Waals surface area contributed by atoms with Crippen LogP contribution in [-0.4, -0.2) is 26.0 Å². The van der Waals surface area contributed by atoms with Crippen LogP contribution in [0.1, 0.15) is 11.4 Å². The summed E-state index contributed by atoms with van der Waals surface area (Å²) in [6, 6.07) is 9.53. The highest BCUT2D eigenvalue weighted by atomic mass is 16.4. The normalized spacial score (nSPS) is 10.5. The molecule has 3 heterocycles. The molecule has 0 aromatic carbocycles. The second-order valence-electron chi connectivity index (χ2n) is 5.16. The Morgan fingerprint density at radius 3 is 2.00 bits per heavy atom. The third-order valence-corrected chi connectivity index (χ3v) is 3.59. The van der Waals surface area contributed by atoms with Crippen LogP contribution < -0.4 is 0 Å². The Kier molecular flexibility index (Phi) is 4.10. The number of aromatic nitrogens is 3. The quantitative estimate of drug-likeness (QED) is 0.801. The first-order valence-corrected chi connectivity index (χ1v) is 7.18. The van der Waals surface area contributed by atoms with Crippen molar-refractivity contribution in [2.75, 3.05) is 0 Å². The molecule has 3 aromatic heterocycles. The Bertz CT molecular complexity index is 834. The van der Waals surface area contributed by atoms with Gasteiger partial charge in [-0.2, -0.15) is 0 Å². The maximum absolute atomic E-state index is 11.2. The molecule has 0 spiro atoms. The average molecular weight is 305 g/mol. The van der Waals surface area contributed by atoms with E-state index < -0.39 is 5.97 Å². The second kappa shape index (κ2) is 6.36. The van der Waals surface area contributed by atoms with Crippen molar-refractivity contribution in [1.82, 2.24) is 15.0 Å². The van der Waals surface area contributed by atoms with Gasteiger partial charge in [0.1, 0.15) is 0 Å². The predicted octanol–water partition coefficient (Wildman–Crippen LogP) is 3.14. The van der Waals surface area contributed by atoms with E-state index in [4.69, 9.17) is 5.11 Å². The highest BCUT2D eigenvalue weighted by Gasteiger charge is 2.14. The molecule has 0 aliphatic heterocycles. The monoisotopic (exact) mass is 305 g/mol. The van der Waals surface area contributed by atoms with E-state index in [-0.39, 0.29) is 6.42 Å². The fourth-order valence-electron chi connectivity index (χ4n) is 2.54. The number of carboxylic acids is 1. The lowest BCUT2D eigenvalue weighted by molar-refractivity contribution is -0.136. The Morgan fingerprint density at radius 2 is 1.48 bits per heavy atom. The lowest BCUT2D eigenvalue weighted by Crippen LogP contribution is -2.06. The van der Waals surface area contributed by atoms with E-state index in [0.717, 1.165) is 27.9 Å². The summed E-state index contributed by atoms with van der Waals surface area (Å²) < 4.78 is 0. The van der Waals surface area contributed by atoms with Gasteiger partial charge in [0.05, 0.1) is 12.1 Å². The van der Waals surface area contributed by atoms with Crippen LogP contribution in [0.3, 0.4) is 0 Å². The third-order valence-electron chi connectivity index (χ3n) is 3.59. The minimum atomic E-state index is -0.899. The summed E-state index contributed by atoms with van der Waals surface area (Å²) >= 11 is 0. The summed E-state index contributed by atoms with van der Waals surface area (Å²) in [5.41, 5.74) is 5.03. The highest BCUT2D eigenvalue weighted by Crippen LogP contribution is 2.30. The van der Waals surface area contributed by atoms with E-state index in [1.807, 2.05) is 37.3 Å². The van der Waals surface area contributed by atoms with Gasteiger partial charge in [-0.05, 0) is 48.4 Å². The van der Waals surface area contributed by atoms with Gasteiger partial charge >= 0.3 is 5.97 Å². The van der Waals surface area contributed by atoms with Crippen molar-refractivity contribution in [3.05, 3.63) is 66.5 Å². The number of hydrogen-bond acceptors (Lipinski definition) is 4. The smallest absolute Gasteiger partial charge is 0.309 e. The molecule has 3 aromatic rings. The van der Waals surface area contributed by atoms with Crippen LogP contribution in [0.25, 0.3) is 22.3 Å². The van der Waals surface area contributed by atoms with Crippen molar-refractivity contribution in [3.8, 4) is 22.3 Å². The number of hydrogen-bond donors (Lipinski definition) is 1. The molecule has 3 rings (SSSR count). The molecule has 1 N–H and O–H groups in total. The van der Waals surface area contributed by atoms with Crippen LogP contribution in [0.4, 0.5) is 0 Å². The maximum Gasteiger partial charge on any atom is 0.309 e. The molecule has 5 nitrogen and oxygen atoms in total. The summed E-state index contributed by atoms with van der Waals surface area (Å²) in [6.07, 6.45) is 6.71. The van der Waals surface area contributed by atoms with Gasteiger partial charge in [-0.3, -0.25) is 19.7 Å². The van der Waals surface area contributed by atoms with Gasteiger partial charge in [0, 0.05) is 41.6 Å². The van der Waals surface area contributed by atoms with Gasteiger partial charge in [-0.1, -0.05) is 0 Å². The molecule has 0 amide bonds. The highest BCUT2D eigenvalue weighted by molar-refractivity contribution is 5.79. The minimum absolute atomic E-state index is 0.116. The molecule has 0 saturated carbocycles. The lowest BCUT2D eigenvalue weighted by atomic mass is 9.97. The van der Waals surface area contributed by atoms with Gasteiger partial charge in [0.15, 0.2) is 0 Å². The topological polar surface area (TPSA) is 76.0 Å². The van der Waals surface area contributed by atoms with Crippen LogP contribution in [0.5, 0.6) is 0 Å². The molecule has 0 bridgehead atoms. The Hall–Kier alpha value is -3.08. The molecule has 114 valence electrons. The Morgan fingerprint density at radius 1 is 0.957 bits per heavy atom. The largest absolute Gasteiger partial charge is 0.481 e. The van der Waals surface area contributed by atoms with Gasteiger partial charge in [-0.15, -0.1) is 0 Å². The van der Waals surface area contributed by atoms with E-state index >= 15 is 0 Å². The van der Waals surface area contributed by atoms with Gasteiger partial charge in [0.25, 0.3) is 0 Å². The number of rotatable bonds is 4. The number of aliphatic carboxylic acids is 1. The van der Waals surface area contributed by atoms with Crippen LogP contribution in [0, 0.1) is 6.92 Å². The van der Waals surface area contributed by atoms with Crippen molar-refractivity contribution in [2.24, 2.45) is 0 Å². The van der Waals surface area contributed by atoms with Gasteiger partial charge < -0.3 is 5.11 Å².